The zero-order valence-electron chi connectivity index (χ0n) is 9.86. The molecule has 5 nitrogen and oxygen atoms in total. The third-order valence-electron chi connectivity index (χ3n) is 3.78. The number of carboxylic acids is 1. The summed E-state index contributed by atoms with van der Waals surface area (Å²) in [5.41, 5.74) is 0. The number of carboxylic acid groups (broad SMARTS) is 1. The van der Waals surface area contributed by atoms with E-state index in [4.69, 9.17) is 0 Å². The fraction of sp³-hybridized carbons (Fsp3) is 0.417. The van der Waals surface area contributed by atoms with Crippen LogP contribution in [0.15, 0.2) is 33.6 Å². The lowest BCUT2D eigenvalue weighted by Gasteiger charge is -2.23. The molecular formula is C12H12BrNO4S. The molecule has 1 saturated heterocycles. The van der Waals surface area contributed by atoms with Crippen LogP contribution in [-0.4, -0.2) is 36.4 Å². The summed E-state index contributed by atoms with van der Waals surface area (Å²) in [4.78, 5) is 11.4. The Morgan fingerprint density at radius 3 is 2.53 bits per heavy atom. The van der Waals surface area contributed by atoms with Crippen molar-refractivity contribution in [2.24, 2.45) is 11.8 Å². The largest absolute Gasteiger partial charge is 0.480 e. The molecule has 7 heteroatoms. The van der Waals surface area contributed by atoms with Crippen molar-refractivity contribution in [2.45, 2.75) is 17.4 Å². The van der Waals surface area contributed by atoms with Gasteiger partial charge in [0.25, 0.3) is 0 Å². The first-order valence-corrected chi connectivity index (χ1v) is 8.15. The summed E-state index contributed by atoms with van der Waals surface area (Å²) in [6, 6.07) is 5.35. The standard InChI is InChI=1S/C12H12BrNO4S/c13-8-1-3-9(4-2-8)19(17,18)14-6-7-5-10(7)11(14)12(15)16/h1-4,7,10-11H,5-6H2,(H,15,16)/t7-,10-,11+/m1/s1. The van der Waals surface area contributed by atoms with Gasteiger partial charge in [-0.15, -0.1) is 0 Å². The lowest BCUT2D eigenvalue weighted by molar-refractivity contribution is -0.141. The summed E-state index contributed by atoms with van der Waals surface area (Å²) in [7, 11) is -3.72. The fourth-order valence-electron chi connectivity index (χ4n) is 2.72. The molecule has 1 aliphatic carbocycles. The summed E-state index contributed by atoms with van der Waals surface area (Å²) in [6.45, 7) is 0.319. The molecular weight excluding hydrogens is 334 g/mol. The van der Waals surface area contributed by atoms with Crippen LogP contribution in [0.4, 0.5) is 0 Å². The second-order valence-electron chi connectivity index (χ2n) is 4.97. The molecule has 3 rings (SSSR count). The van der Waals surface area contributed by atoms with E-state index in [-0.39, 0.29) is 16.7 Å². The predicted octanol–water partition coefficient (Wildman–Crippen LogP) is 1.54. The molecule has 1 aliphatic heterocycles. The summed E-state index contributed by atoms with van der Waals surface area (Å²) in [6.07, 6.45) is 0.823. The van der Waals surface area contributed by atoms with Gasteiger partial charge < -0.3 is 5.11 Å². The zero-order chi connectivity index (χ0) is 13.8. The Morgan fingerprint density at radius 2 is 1.95 bits per heavy atom. The third-order valence-corrected chi connectivity index (χ3v) is 6.17. The molecule has 1 saturated carbocycles. The van der Waals surface area contributed by atoms with Gasteiger partial charge in [-0.25, -0.2) is 8.42 Å². The van der Waals surface area contributed by atoms with E-state index in [9.17, 15) is 18.3 Å². The molecule has 3 atom stereocenters. The highest BCUT2D eigenvalue weighted by Gasteiger charge is 2.59. The number of carbonyl (C=O) groups is 1. The zero-order valence-corrected chi connectivity index (χ0v) is 12.3. The quantitative estimate of drug-likeness (QED) is 0.901. The van der Waals surface area contributed by atoms with Gasteiger partial charge in [0.15, 0.2) is 0 Å². The fourth-order valence-corrected chi connectivity index (χ4v) is 4.67. The molecule has 19 heavy (non-hydrogen) atoms. The minimum absolute atomic E-state index is 0.0114. The molecule has 0 spiro atoms. The van der Waals surface area contributed by atoms with Crippen molar-refractivity contribution in [3.63, 3.8) is 0 Å². The van der Waals surface area contributed by atoms with Gasteiger partial charge in [0.1, 0.15) is 6.04 Å². The topological polar surface area (TPSA) is 74.7 Å². The maximum atomic E-state index is 12.5. The number of aliphatic carboxylic acids is 1. The van der Waals surface area contributed by atoms with Crippen LogP contribution in [-0.2, 0) is 14.8 Å². The van der Waals surface area contributed by atoms with E-state index in [0.717, 1.165) is 15.2 Å². The van der Waals surface area contributed by atoms with Gasteiger partial charge in [0.2, 0.25) is 10.0 Å². The second kappa shape index (κ2) is 4.29. The van der Waals surface area contributed by atoms with Crippen LogP contribution in [0.1, 0.15) is 6.42 Å². The van der Waals surface area contributed by atoms with Crippen LogP contribution in [0.3, 0.4) is 0 Å². The molecule has 0 radical (unpaired) electrons. The van der Waals surface area contributed by atoms with Crippen molar-refractivity contribution < 1.29 is 18.3 Å². The maximum absolute atomic E-state index is 12.5. The smallest absolute Gasteiger partial charge is 0.322 e. The Labute approximate surface area is 119 Å². The molecule has 0 unspecified atom stereocenters. The second-order valence-corrected chi connectivity index (χ2v) is 7.78. The Balaban J connectivity index is 1.96. The Morgan fingerprint density at radius 1 is 1.32 bits per heavy atom. The first-order chi connectivity index (χ1) is 8.91. The van der Waals surface area contributed by atoms with Crippen molar-refractivity contribution in [1.29, 1.82) is 0 Å². The van der Waals surface area contributed by atoms with Crippen LogP contribution in [0.5, 0.6) is 0 Å². The highest BCUT2D eigenvalue weighted by atomic mass is 79.9. The first-order valence-electron chi connectivity index (χ1n) is 5.91. The van der Waals surface area contributed by atoms with Gasteiger partial charge in [0.05, 0.1) is 4.90 Å². The van der Waals surface area contributed by atoms with E-state index in [2.05, 4.69) is 15.9 Å². The molecule has 102 valence electrons. The number of piperidine rings is 1. The van der Waals surface area contributed by atoms with Gasteiger partial charge in [-0.3, -0.25) is 4.79 Å². The number of hydrogen-bond donors (Lipinski definition) is 1. The van der Waals surface area contributed by atoms with Crippen LogP contribution in [0, 0.1) is 11.8 Å². The van der Waals surface area contributed by atoms with Crippen molar-refractivity contribution in [1.82, 2.24) is 4.31 Å². The summed E-state index contributed by atoms with van der Waals surface area (Å²) >= 11 is 3.24. The predicted molar refractivity (Wildman–Crippen MR) is 71.1 cm³/mol. The highest BCUT2D eigenvalue weighted by Crippen LogP contribution is 2.51. The van der Waals surface area contributed by atoms with E-state index in [1.807, 2.05) is 0 Å². The SMILES string of the molecule is O=C(O)[C@@H]1[C@@H]2C[C@@H]2CN1S(=O)(=O)c1ccc(Br)cc1. The average Bonchev–Trinajstić information content (AvgIpc) is 2.99. The van der Waals surface area contributed by atoms with Gasteiger partial charge in [0, 0.05) is 11.0 Å². The van der Waals surface area contributed by atoms with Crippen molar-refractivity contribution in [3.8, 4) is 0 Å². The molecule has 1 heterocycles. The van der Waals surface area contributed by atoms with Crippen molar-refractivity contribution in [2.75, 3.05) is 6.54 Å². The summed E-state index contributed by atoms with van der Waals surface area (Å²) in [5, 5.41) is 9.22. The molecule has 1 aromatic carbocycles. The molecule has 0 aromatic heterocycles. The Hall–Kier alpha value is -0.920. The van der Waals surface area contributed by atoms with E-state index in [1.165, 1.54) is 12.1 Å². The minimum atomic E-state index is -3.72. The molecule has 0 bridgehead atoms. The van der Waals surface area contributed by atoms with Crippen LogP contribution >= 0.6 is 15.9 Å². The number of fused-ring (bicyclic) bond motifs is 1. The van der Waals surface area contributed by atoms with Gasteiger partial charge in [-0.2, -0.15) is 4.31 Å². The van der Waals surface area contributed by atoms with Crippen LogP contribution in [0.25, 0.3) is 0 Å². The minimum Gasteiger partial charge on any atom is -0.480 e. The van der Waals surface area contributed by atoms with E-state index < -0.39 is 22.0 Å². The third kappa shape index (κ3) is 2.09. The number of rotatable bonds is 3. The lowest BCUT2D eigenvalue weighted by Crippen LogP contribution is -2.43. The van der Waals surface area contributed by atoms with Gasteiger partial charge in [-0.05, 0) is 42.5 Å². The van der Waals surface area contributed by atoms with E-state index in [0.29, 0.717) is 6.54 Å². The number of hydrogen-bond acceptors (Lipinski definition) is 3. The molecule has 0 amide bonds. The normalized spacial score (nSPS) is 30.1. The molecule has 1 aromatic rings. The molecule has 2 aliphatic rings. The number of benzene rings is 1. The van der Waals surface area contributed by atoms with Crippen LogP contribution in [0.2, 0.25) is 0 Å². The van der Waals surface area contributed by atoms with E-state index in [1.54, 1.807) is 12.1 Å². The Kier molecular flexibility index (Phi) is 2.95. The first kappa shape index (κ1) is 13.1. The van der Waals surface area contributed by atoms with Crippen molar-refractivity contribution in [3.05, 3.63) is 28.7 Å². The molecule has 2 fully saturated rings. The summed E-state index contributed by atoms with van der Waals surface area (Å²) in [5.74, 6) is -0.847. The molecule has 1 N–H and O–H groups in total. The van der Waals surface area contributed by atoms with Crippen LogP contribution < -0.4 is 0 Å². The van der Waals surface area contributed by atoms with Gasteiger partial charge >= 0.3 is 5.97 Å². The average molecular weight is 346 g/mol. The van der Waals surface area contributed by atoms with Crippen molar-refractivity contribution >= 4 is 31.9 Å². The number of halogens is 1. The summed E-state index contributed by atoms with van der Waals surface area (Å²) < 4.78 is 26.9. The Bertz CT molecular complexity index is 628. The van der Waals surface area contributed by atoms with Gasteiger partial charge in [-0.1, -0.05) is 15.9 Å². The maximum Gasteiger partial charge on any atom is 0.322 e. The number of nitrogens with zero attached hydrogens (tertiary/aromatic N) is 1. The monoisotopic (exact) mass is 345 g/mol. The lowest BCUT2D eigenvalue weighted by atomic mass is 10.2. The highest BCUT2D eigenvalue weighted by molar-refractivity contribution is 9.10. The number of sulfonamides is 1. The van der Waals surface area contributed by atoms with E-state index >= 15 is 0 Å².